The molecule has 27 heavy (non-hydrogen) atoms. The number of nitrogens with one attached hydrogen (secondary N) is 2. The third kappa shape index (κ3) is 8.36. The summed E-state index contributed by atoms with van der Waals surface area (Å²) in [6.45, 7) is 4.93. The lowest BCUT2D eigenvalue weighted by Crippen LogP contribution is -2.35. The van der Waals surface area contributed by atoms with Gasteiger partial charge in [0.25, 0.3) is 0 Å². The van der Waals surface area contributed by atoms with Gasteiger partial charge in [0.15, 0.2) is 0 Å². The highest BCUT2D eigenvalue weighted by molar-refractivity contribution is 5.90. The van der Waals surface area contributed by atoms with Gasteiger partial charge in [0.05, 0.1) is 6.10 Å². The highest BCUT2D eigenvalue weighted by Gasteiger charge is 2.17. The summed E-state index contributed by atoms with van der Waals surface area (Å²) in [6.07, 6.45) is 5.55. The Morgan fingerprint density at radius 3 is 2.56 bits per heavy atom. The molecule has 0 bridgehead atoms. The fraction of sp³-hybridized carbons (Fsp3) is 0.650. The molecule has 1 aromatic rings. The number of carbonyl (C=O) groups excluding carboxylic acids is 1. The predicted molar refractivity (Wildman–Crippen MR) is 115 cm³/mol. The minimum absolute atomic E-state index is 0. The van der Waals surface area contributed by atoms with E-state index >= 15 is 0 Å². The van der Waals surface area contributed by atoms with Crippen LogP contribution in [0, 0.1) is 5.92 Å². The Morgan fingerprint density at radius 2 is 1.85 bits per heavy atom. The first-order valence-corrected chi connectivity index (χ1v) is 9.69. The largest absolute Gasteiger partial charge is 0.393 e. The maximum atomic E-state index is 12.2. The molecule has 2 aliphatic rings. The van der Waals surface area contributed by atoms with Crippen LogP contribution in [0.15, 0.2) is 24.3 Å². The second-order valence-corrected chi connectivity index (χ2v) is 7.49. The van der Waals surface area contributed by atoms with Crippen LogP contribution in [0.5, 0.6) is 0 Å². The van der Waals surface area contributed by atoms with Crippen LogP contribution in [-0.2, 0) is 11.3 Å². The number of halogens is 2. The lowest BCUT2D eigenvalue weighted by atomic mass is 9.93. The van der Waals surface area contributed by atoms with Gasteiger partial charge >= 0.3 is 0 Å². The number of hydrogen-bond donors (Lipinski definition) is 3. The number of anilines is 1. The predicted octanol–water partition coefficient (Wildman–Crippen LogP) is 3.21. The number of aliphatic hydroxyl groups excluding tert-OH is 1. The summed E-state index contributed by atoms with van der Waals surface area (Å²) in [4.78, 5) is 14.6. The van der Waals surface area contributed by atoms with Gasteiger partial charge in [-0.1, -0.05) is 12.1 Å². The van der Waals surface area contributed by atoms with Gasteiger partial charge in [0.2, 0.25) is 5.91 Å². The van der Waals surface area contributed by atoms with Crippen LogP contribution in [0.1, 0.15) is 44.1 Å². The molecule has 7 heteroatoms. The molecule has 1 amide bonds. The lowest BCUT2D eigenvalue weighted by Gasteiger charge is -2.29. The van der Waals surface area contributed by atoms with Gasteiger partial charge in [-0.15, -0.1) is 24.8 Å². The monoisotopic (exact) mass is 417 g/mol. The second-order valence-electron chi connectivity index (χ2n) is 7.49. The Morgan fingerprint density at radius 1 is 1.15 bits per heavy atom. The molecule has 2 aliphatic heterocycles. The highest BCUT2D eigenvalue weighted by atomic mass is 35.5. The fourth-order valence-corrected chi connectivity index (χ4v) is 3.81. The van der Waals surface area contributed by atoms with Crippen molar-refractivity contribution in [3.05, 3.63) is 29.8 Å². The molecule has 0 aromatic heterocycles. The fourth-order valence-electron chi connectivity index (χ4n) is 3.81. The molecule has 0 atom stereocenters. The van der Waals surface area contributed by atoms with Crippen LogP contribution in [0.4, 0.5) is 5.69 Å². The molecule has 3 N–H and O–H groups in total. The van der Waals surface area contributed by atoms with Crippen LogP contribution >= 0.6 is 24.8 Å². The van der Waals surface area contributed by atoms with Gasteiger partial charge in [-0.05, 0) is 68.8 Å². The molecule has 0 spiro atoms. The minimum Gasteiger partial charge on any atom is -0.393 e. The standard InChI is InChI=1S/C20H31N3O2.2ClH/c24-19-8-12-23(13-9-19)15-17-2-1-3-18(14-17)22-20(25)5-4-16-6-10-21-11-7-16;;/h1-3,14,16,19,21,24H,4-13,15H2,(H,22,25);2*1H. The molecule has 0 unspecified atom stereocenters. The van der Waals surface area contributed by atoms with E-state index < -0.39 is 0 Å². The maximum Gasteiger partial charge on any atom is 0.224 e. The van der Waals surface area contributed by atoms with Crippen molar-refractivity contribution < 1.29 is 9.90 Å². The molecule has 5 nitrogen and oxygen atoms in total. The average Bonchev–Trinajstić information content (AvgIpc) is 2.63. The van der Waals surface area contributed by atoms with E-state index in [2.05, 4.69) is 27.7 Å². The first-order chi connectivity index (χ1) is 12.2. The van der Waals surface area contributed by atoms with Gasteiger partial charge in [0, 0.05) is 31.7 Å². The van der Waals surface area contributed by atoms with E-state index in [1.54, 1.807) is 0 Å². The number of rotatable bonds is 6. The molecule has 3 rings (SSSR count). The third-order valence-electron chi connectivity index (χ3n) is 5.41. The van der Waals surface area contributed by atoms with Crippen molar-refractivity contribution in [3.8, 4) is 0 Å². The second kappa shape index (κ2) is 12.6. The summed E-state index contributed by atoms with van der Waals surface area (Å²) >= 11 is 0. The molecule has 2 saturated heterocycles. The Labute approximate surface area is 175 Å². The number of aliphatic hydroxyl groups is 1. The zero-order valence-corrected chi connectivity index (χ0v) is 17.5. The van der Waals surface area contributed by atoms with E-state index in [0.29, 0.717) is 12.3 Å². The number of amides is 1. The van der Waals surface area contributed by atoms with E-state index in [9.17, 15) is 9.90 Å². The Hall–Kier alpha value is -0.850. The van der Waals surface area contributed by atoms with Crippen molar-refractivity contribution >= 4 is 36.4 Å². The van der Waals surface area contributed by atoms with Gasteiger partial charge in [-0.25, -0.2) is 0 Å². The van der Waals surface area contributed by atoms with E-state index in [1.807, 2.05) is 12.1 Å². The number of piperidine rings is 2. The molecule has 0 saturated carbocycles. The van der Waals surface area contributed by atoms with Crippen molar-refractivity contribution in [2.75, 3.05) is 31.5 Å². The lowest BCUT2D eigenvalue weighted by molar-refractivity contribution is -0.116. The van der Waals surface area contributed by atoms with Crippen LogP contribution in [-0.4, -0.2) is 48.2 Å². The van der Waals surface area contributed by atoms with Crippen LogP contribution in [0.25, 0.3) is 0 Å². The molecular weight excluding hydrogens is 385 g/mol. The summed E-state index contributed by atoms with van der Waals surface area (Å²) in [6, 6.07) is 8.16. The van der Waals surface area contributed by atoms with E-state index in [0.717, 1.165) is 57.7 Å². The number of benzene rings is 1. The van der Waals surface area contributed by atoms with Crippen molar-refractivity contribution in [1.82, 2.24) is 10.2 Å². The summed E-state index contributed by atoms with van der Waals surface area (Å²) in [5.41, 5.74) is 2.11. The zero-order valence-electron chi connectivity index (χ0n) is 15.9. The van der Waals surface area contributed by atoms with E-state index in [1.165, 1.54) is 18.4 Å². The van der Waals surface area contributed by atoms with Crippen LogP contribution < -0.4 is 10.6 Å². The van der Waals surface area contributed by atoms with Gasteiger partial charge in [0.1, 0.15) is 0 Å². The van der Waals surface area contributed by atoms with Gasteiger partial charge < -0.3 is 15.7 Å². The number of carbonyl (C=O) groups is 1. The van der Waals surface area contributed by atoms with Crippen molar-refractivity contribution in [1.29, 1.82) is 0 Å². The first-order valence-electron chi connectivity index (χ1n) is 9.69. The minimum atomic E-state index is -0.137. The quantitative estimate of drug-likeness (QED) is 0.664. The molecular formula is C20H33Cl2N3O2. The SMILES string of the molecule is Cl.Cl.O=C(CCC1CCNCC1)Nc1cccc(CN2CCC(O)CC2)c1. The normalized spacial score (nSPS) is 19.0. The third-order valence-corrected chi connectivity index (χ3v) is 5.41. The van der Waals surface area contributed by atoms with Crippen LogP contribution in [0.3, 0.4) is 0 Å². The average molecular weight is 418 g/mol. The molecule has 2 heterocycles. The Bertz CT molecular complexity index is 560. The van der Waals surface area contributed by atoms with Crippen LogP contribution in [0.2, 0.25) is 0 Å². The summed E-state index contributed by atoms with van der Waals surface area (Å²) in [7, 11) is 0. The Kier molecular flexibility index (Phi) is 11.3. The zero-order chi connectivity index (χ0) is 17.5. The molecule has 0 aliphatic carbocycles. The maximum absolute atomic E-state index is 12.2. The van der Waals surface area contributed by atoms with Crippen molar-refractivity contribution in [2.24, 2.45) is 5.92 Å². The topological polar surface area (TPSA) is 64.6 Å². The summed E-state index contributed by atoms with van der Waals surface area (Å²) in [5, 5.41) is 16.0. The van der Waals surface area contributed by atoms with E-state index in [-0.39, 0.29) is 36.8 Å². The number of likely N-dealkylation sites (tertiary alicyclic amines) is 1. The molecule has 1 aromatic carbocycles. The van der Waals surface area contributed by atoms with Crippen molar-refractivity contribution in [2.45, 2.75) is 51.2 Å². The Balaban J connectivity index is 0.00000182. The van der Waals surface area contributed by atoms with Gasteiger partial charge in [-0.2, -0.15) is 0 Å². The molecule has 154 valence electrons. The highest BCUT2D eigenvalue weighted by Crippen LogP contribution is 2.19. The number of hydrogen-bond acceptors (Lipinski definition) is 4. The van der Waals surface area contributed by atoms with E-state index in [4.69, 9.17) is 0 Å². The van der Waals surface area contributed by atoms with Gasteiger partial charge in [-0.3, -0.25) is 9.69 Å². The van der Waals surface area contributed by atoms with Crippen molar-refractivity contribution in [3.63, 3.8) is 0 Å². The smallest absolute Gasteiger partial charge is 0.224 e. The number of nitrogens with zero attached hydrogens (tertiary/aromatic N) is 1. The summed E-state index contributed by atoms with van der Waals surface area (Å²) < 4.78 is 0. The first kappa shape index (κ1) is 24.2. The summed E-state index contributed by atoms with van der Waals surface area (Å²) in [5.74, 6) is 0.810. The molecule has 0 radical (unpaired) electrons. The molecule has 2 fully saturated rings.